The zero-order chi connectivity index (χ0) is 27.8. The van der Waals surface area contributed by atoms with E-state index in [1.54, 1.807) is 32.0 Å². The number of rotatable bonds is 8. The summed E-state index contributed by atoms with van der Waals surface area (Å²) in [5.74, 6) is -0.0135. The van der Waals surface area contributed by atoms with Gasteiger partial charge in [0.05, 0.1) is 42.5 Å². The van der Waals surface area contributed by atoms with Crippen molar-refractivity contribution in [3.05, 3.63) is 64.2 Å². The Hall–Kier alpha value is -4.06. The van der Waals surface area contributed by atoms with Crippen LogP contribution in [0.4, 0.5) is 29.3 Å². The molecule has 2 aromatic heterocycles. The quantitative estimate of drug-likeness (QED) is 0.343. The van der Waals surface area contributed by atoms with Crippen LogP contribution < -0.4 is 25.7 Å². The molecule has 3 heterocycles. The minimum atomic E-state index is -4.69. The van der Waals surface area contributed by atoms with Gasteiger partial charge in [-0.25, -0.2) is 4.79 Å². The summed E-state index contributed by atoms with van der Waals surface area (Å²) in [5.41, 5.74) is 0.102. The maximum absolute atomic E-state index is 13.8. The van der Waals surface area contributed by atoms with Crippen molar-refractivity contribution in [3.8, 4) is 22.8 Å². The maximum atomic E-state index is 13.8. The Morgan fingerprint density at radius 1 is 1.15 bits per heavy atom. The normalized spacial score (nSPS) is 16.2. The number of anilines is 2. The predicted octanol–water partition coefficient (Wildman–Crippen LogP) is 5.54. The third-order valence-electron chi connectivity index (χ3n) is 6.32. The Morgan fingerprint density at radius 3 is 2.56 bits per heavy atom. The Balaban J connectivity index is 1.34. The van der Waals surface area contributed by atoms with Gasteiger partial charge in [0.1, 0.15) is 5.75 Å². The minimum absolute atomic E-state index is 0.0450. The highest BCUT2D eigenvalue weighted by Crippen LogP contribution is 2.43. The first-order valence-electron chi connectivity index (χ1n) is 12.5. The van der Waals surface area contributed by atoms with Crippen molar-refractivity contribution in [1.29, 1.82) is 0 Å². The number of amides is 2. The predicted molar refractivity (Wildman–Crippen MR) is 137 cm³/mol. The Bertz CT molecular complexity index is 1450. The van der Waals surface area contributed by atoms with E-state index in [-0.39, 0.29) is 41.9 Å². The first-order chi connectivity index (χ1) is 18.5. The molecule has 3 aromatic rings. The van der Waals surface area contributed by atoms with Crippen LogP contribution >= 0.6 is 0 Å². The minimum Gasteiger partial charge on any atom is -0.488 e. The Labute approximate surface area is 221 Å². The van der Waals surface area contributed by atoms with Crippen LogP contribution in [0.5, 0.6) is 11.5 Å². The summed E-state index contributed by atoms with van der Waals surface area (Å²) in [6.45, 7) is 4.16. The molecule has 0 radical (unpaired) electrons. The highest BCUT2D eigenvalue weighted by atomic mass is 19.4. The molecule has 9 nitrogen and oxygen atoms in total. The van der Waals surface area contributed by atoms with Gasteiger partial charge in [0.15, 0.2) is 11.4 Å². The molecule has 39 heavy (non-hydrogen) atoms. The van der Waals surface area contributed by atoms with Crippen LogP contribution in [-0.2, 0) is 10.9 Å². The van der Waals surface area contributed by atoms with E-state index >= 15 is 0 Å². The van der Waals surface area contributed by atoms with Crippen LogP contribution in [0.1, 0.15) is 43.9 Å². The van der Waals surface area contributed by atoms with E-state index < -0.39 is 23.4 Å². The number of halogens is 3. The molecule has 12 heteroatoms. The van der Waals surface area contributed by atoms with Gasteiger partial charge >= 0.3 is 12.2 Å². The number of H-pyrrole nitrogens is 1. The van der Waals surface area contributed by atoms with Crippen LogP contribution in [0.25, 0.3) is 11.3 Å². The van der Waals surface area contributed by atoms with E-state index in [0.717, 1.165) is 18.9 Å². The van der Waals surface area contributed by atoms with E-state index in [9.17, 15) is 22.8 Å². The number of benzene rings is 1. The van der Waals surface area contributed by atoms with E-state index in [0.29, 0.717) is 29.2 Å². The molecule has 0 unspecified atom stereocenters. The summed E-state index contributed by atoms with van der Waals surface area (Å²) in [6.07, 6.45) is -1.37. The number of carbonyl (C=O) groups is 1. The van der Waals surface area contributed by atoms with E-state index in [1.165, 1.54) is 18.3 Å². The fourth-order valence-electron chi connectivity index (χ4n) is 4.20. The molecule has 0 spiro atoms. The first-order valence-corrected chi connectivity index (χ1v) is 12.5. The molecule has 1 aliphatic carbocycles. The standard InChI is InChI=1S/C27H27F3N4O5/c1-3-38-22-10-16(12-31-24(22)35)19-7-8-20(23(33-19)15-4-5-15)34-25(36)32-17-6-9-21(18(11-17)27(28,29)30)39-26(2)13-37-14-26/h6-12,15H,3-5,13-14H2,1-2H3,(H,31,35)(H2,32,34,36). The third kappa shape index (κ3) is 6.00. The lowest BCUT2D eigenvalue weighted by molar-refractivity contribution is -0.160. The smallest absolute Gasteiger partial charge is 0.420 e. The molecule has 206 valence electrons. The summed E-state index contributed by atoms with van der Waals surface area (Å²) >= 11 is 0. The number of ether oxygens (including phenoxy) is 3. The van der Waals surface area contributed by atoms with Crippen LogP contribution in [0.3, 0.4) is 0 Å². The monoisotopic (exact) mass is 544 g/mol. The van der Waals surface area contributed by atoms with Crippen molar-refractivity contribution < 1.29 is 32.2 Å². The lowest BCUT2D eigenvalue weighted by atomic mass is 10.0. The van der Waals surface area contributed by atoms with Gasteiger partial charge in [-0.05, 0) is 63.1 Å². The lowest BCUT2D eigenvalue weighted by Crippen LogP contribution is -2.51. The number of nitrogens with one attached hydrogen (secondary N) is 3. The topological polar surface area (TPSA) is 115 Å². The van der Waals surface area contributed by atoms with E-state index in [1.807, 2.05) is 0 Å². The average molecular weight is 545 g/mol. The van der Waals surface area contributed by atoms with Gasteiger partial charge in [-0.1, -0.05) is 0 Å². The molecule has 3 N–H and O–H groups in total. The highest BCUT2D eigenvalue weighted by molar-refractivity contribution is 6.00. The molecule has 1 aliphatic heterocycles. The second-order valence-electron chi connectivity index (χ2n) is 9.75. The molecule has 0 atom stereocenters. The maximum Gasteiger partial charge on any atom is 0.420 e. The van der Waals surface area contributed by atoms with E-state index in [2.05, 4.69) is 15.6 Å². The van der Waals surface area contributed by atoms with E-state index in [4.69, 9.17) is 19.2 Å². The molecule has 1 aromatic carbocycles. The summed E-state index contributed by atoms with van der Waals surface area (Å²) in [6, 6.07) is 7.63. The third-order valence-corrected chi connectivity index (χ3v) is 6.32. The number of hydrogen-bond donors (Lipinski definition) is 3. The van der Waals surface area contributed by atoms with Gasteiger partial charge in [-0.3, -0.25) is 9.78 Å². The SMILES string of the molecule is CCOc1cc(-c2ccc(NC(=O)Nc3ccc(OC4(C)COC4)c(C(F)(F)F)c3)c(C3CC3)n2)c[nH]c1=O. The number of nitrogens with zero attached hydrogens (tertiary/aromatic N) is 1. The molecular weight excluding hydrogens is 517 g/mol. The number of aromatic amines is 1. The number of alkyl halides is 3. The summed E-state index contributed by atoms with van der Waals surface area (Å²) in [4.78, 5) is 32.1. The fourth-order valence-corrected chi connectivity index (χ4v) is 4.20. The fraction of sp³-hybridized carbons (Fsp3) is 0.370. The molecular formula is C27H27F3N4O5. The number of pyridine rings is 2. The van der Waals surface area contributed by atoms with Crippen molar-refractivity contribution in [2.24, 2.45) is 0 Å². The van der Waals surface area contributed by atoms with Crippen molar-refractivity contribution in [2.45, 2.75) is 44.4 Å². The number of urea groups is 1. The highest BCUT2D eigenvalue weighted by Gasteiger charge is 2.40. The molecule has 1 saturated carbocycles. The molecule has 2 aliphatic rings. The van der Waals surface area contributed by atoms with Crippen LogP contribution in [0.15, 0.2) is 47.4 Å². The van der Waals surface area contributed by atoms with Gasteiger partial charge in [0, 0.05) is 23.4 Å². The van der Waals surface area contributed by atoms with Crippen LogP contribution in [0, 0.1) is 0 Å². The second-order valence-corrected chi connectivity index (χ2v) is 9.75. The van der Waals surface area contributed by atoms with Crippen molar-refractivity contribution in [2.75, 3.05) is 30.5 Å². The second kappa shape index (κ2) is 10.3. The molecule has 2 amide bonds. The molecule has 0 bridgehead atoms. The largest absolute Gasteiger partial charge is 0.488 e. The summed E-state index contributed by atoms with van der Waals surface area (Å²) in [5, 5.41) is 5.17. The van der Waals surface area contributed by atoms with Gasteiger partial charge in [0.2, 0.25) is 0 Å². The lowest BCUT2D eigenvalue weighted by Gasteiger charge is -2.38. The van der Waals surface area contributed by atoms with Crippen LogP contribution in [0.2, 0.25) is 0 Å². The zero-order valence-electron chi connectivity index (χ0n) is 21.3. The molecule has 2 fully saturated rings. The number of carbonyl (C=O) groups excluding carboxylic acids is 1. The molecule has 5 rings (SSSR count). The number of hydrogen-bond acceptors (Lipinski definition) is 6. The zero-order valence-corrected chi connectivity index (χ0v) is 21.3. The Kier molecular flexibility index (Phi) is 6.98. The van der Waals surface area contributed by atoms with Gasteiger partial charge in [0.25, 0.3) is 5.56 Å². The van der Waals surface area contributed by atoms with Crippen LogP contribution in [-0.4, -0.2) is 41.4 Å². The van der Waals surface area contributed by atoms with Gasteiger partial charge in [-0.15, -0.1) is 0 Å². The number of aromatic nitrogens is 2. The average Bonchev–Trinajstić information content (AvgIpc) is 3.70. The summed E-state index contributed by atoms with van der Waals surface area (Å²) < 4.78 is 57.2. The Morgan fingerprint density at radius 2 is 1.92 bits per heavy atom. The van der Waals surface area contributed by atoms with Crippen molar-refractivity contribution >= 4 is 17.4 Å². The van der Waals surface area contributed by atoms with Crippen molar-refractivity contribution in [3.63, 3.8) is 0 Å². The van der Waals surface area contributed by atoms with Gasteiger partial charge in [-0.2, -0.15) is 13.2 Å². The van der Waals surface area contributed by atoms with Crippen molar-refractivity contribution in [1.82, 2.24) is 9.97 Å². The molecule has 1 saturated heterocycles. The first kappa shape index (κ1) is 26.5. The summed E-state index contributed by atoms with van der Waals surface area (Å²) in [7, 11) is 0. The van der Waals surface area contributed by atoms with Gasteiger partial charge < -0.3 is 29.8 Å².